The third-order valence-electron chi connectivity index (χ3n) is 2.14. The van der Waals surface area contributed by atoms with Gasteiger partial charge in [-0.3, -0.25) is 0 Å². The Kier molecular flexibility index (Phi) is 3.83. The van der Waals surface area contributed by atoms with Gasteiger partial charge in [0.15, 0.2) is 11.6 Å². The molecule has 0 saturated carbocycles. The minimum atomic E-state index is -5.93. The molecule has 0 heterocycles. The molecule has 1 nitrogen and oxygen atoms in total. The first-order valence-electron chi connectivity index (χ1n) is 4.33. The normalized spacial score (nSPS) is 14.7. The summed E-state index contributed by atoms with van der Waals surface area (Å²) in [5.41, 5.74) is 3.71. The number of rotatable bonds is 2. The Hall–Kier alpha value is -1.02. The summed E-state index contributed by atoms with van der Waals surface area (Å²) in [5.74, 6) is -8.42. The fourth-order valence-corrected chi connectivity index (χ4v) is 1.42. The highest BCUT2D eigenvalue weighted by Gasteiger charge is 2.62. The number of benzene rings is 1. The fraction of sp³-hybridized carbons (Fsp3) is 0.333. The average molecular weight is 296 g/mol. The molecule has 0 fully saturated rings. The number of nitrogens with two attached hydrogens (primary N) is 1. The van der Waals surface area contributed by atoms with E-state index in [9.17, 15) is 30.7 Å². The van der Waals surface area contributed by atoms with E-state index in [-0.39, 0.29) is 12.1 Å². The van der Waals surface area contributed by atoms with Gasteiger partial charge in [0.05, 0.1) is 0 Å². The molecule has 0 aliphatic rings. The second-order valence-electron chi connectivity index (χ2n) is 3.39. The van der Waals surface area contributed by atoms with E-state index in [0.717, 1.165) is 0 Å². The van der Waals surface area contributed by atoms with Gasteiger partial charge in [-0.2, -0.15) is 22.0 Å². The summed E-state index contributed by atoms with van der Waals surface area (Å²) in [5, 5.41) is -0.815. The van der Waals surface area contributed by atoms with Crippen molar-refractivity contribution in [3.8, 4) is 0 Å². The maximum Gasteiger partial charge on any atom is 0.455 e. The van der Waals surface area contributed by atoms with E-state index in [0.29, 0.717) is 0 Å². The van der Waals surface area contributed by atoms with Crippen LogP contribution in [-0.4, -0.2) is 12.1 Å². The van der Waals surface area contributed by atoms with Gasteiger partial charge in [-0.05, 0) is 17.7 Å². The highest BCUT2D eigenvalue weighted by molar-refractivity contribution is 6.31. The molecule has 0 amide bonds. The van der Waals surface area contributed by atoms with Crippen LogP contribution in [0, 0.1) is 11.6 Å². The van der Waals surface area contributed by atoms with Crippen molar-refractivity contribution in [2.24, 2.45) is 5.73 Å². The minimum absolute atomic E-state index is 0.113. The molecule has 9 heteroatoms. The summed E-state index contributed by atoms with van der Waals surface area (Å²) in [7, 11) is 0. The van der Waals surface area contributed by atoms with Crippen molar-refractivity contribution in [1.82, 2.24) is 0 Å². The van der Waals surface area contributed by atoms with E-state index < -0.39 is 40.4 Å². The Morgan fingerprint density at radius 3 is 1.89 bits per heavy atom. The lowest BCUT2D eigenvalue weighted by atomic mass is 10.0. The smallest absolute Gasteiger partial charge is 0.319 e. The third kappa shape index (κ3) is 2.54. The monoisotopic (exact) mass is 295 g/mol. The van der Waals surface area contributed by atoms with Crippen molar-refractivity contribution in [1.29, 1.82) is 0 Å². The first-order chi connectivity index (χ1) is 7.98. The third-order valence-corrected chi connectivity index (χ3v) is 2.47. The van der Waals surface area contributed by atoms with Gasteiger partial charge in [0.25, 0.3) is 0 Å². The molecule has 0 saturated heterocycles. The van der Waals surface area contributed by atoms with Crippen LogP contribution >= 0.6 is 11.6 Å². The molecule has 2 N–H and O–H groups in total. The molecule has 1 atom stereocenters. The zero-order valence-electron chi connectivity index (χ0n) is 8.33. The molecule has 1 aromatic carbocycles. The van der Waals surface area contributed by atoms with Gasteiger partial charge < -0.3 is 5.73 Å². The molecule has 0 aromatic heterocycles. The summed E-state index contributed by atoms with van der Waals surface area (Å²) >= 11 is 5.27. The van der Waals surface area contributed by atoms with Gasteiger partial charge in [-0.25, -0.2) is 8.78 Å². The Bertz CT molecular complexity index is 457. The quantitative estimate of drug-likeness (QED) is 0.651. The fourth-order valence-electron chi connectivity index (χ4n) is 1.15. The summed E-state index contributed by atoms with van der Waals surface area (Å²) in [4.78, 5) is 0. The van der Waals surface area contributed by atoms with Crippen LogP contribution in [0.25, 0.3) is 0 Å². The van der Waals surface area contributed by atoms with Gasteiger partial charge in [-0.15, -0.1) is 0 Å². The molecule has 1 unspecified atom stereocenters. The number of hydrogen-bond donors (Lipinski definition) is 1. The van der Waals surface area contributed by atoms with E-state index in [1.807, 2.05) is 0 Å². The SMILES string of the molecule is NC(c1cc(F)c(F)cc1Cl)C(F)(F)C(F)(F)F. The molecule has 102 valence electrons. The van der Waals surface area contributed by atoms with Crippen LogP contribution in [0.4, 0.5) is 30.7 Å². The zero-order valence-corrected chi connectivity index (χ0v) is 9.09. The van der Waals surface area contributed by atoms with Crippen molar-refractivity contribution >= 4 is 11.6 Å². The van der Waals surface area contributed by atoms with Crippen molar-refractivity contribution < 1.29 is 30.7 Å². The molecular formula is C9H5ClF7N. The van der Waals surface area contributed by atoms with Crippen LogP contribution in [0.15, 0.2) is 12.1 Å². The van der Waals surface area contributed by atoms with Crippen LogP contribution in [0.3, 0.4) is 0 Å². The molecule has 0 radical (unpaired) electrons. The van der Waals surface area contributed by atoms with Crippen LogP contribution in [-0.2, 0) is 0 Å². The van der Waals surface area contributed by atoms with Crippen molar-refractivity contribution in [3.63, 3.8) is 0 Å². The predicted molar refractivity (Wildman–Crippen MR) is 49.3 cm³/mol. The molecule has 0 spiro atoms. The van der Waals surface area contributed by atoms with Gasteiger partial charge in [0.2, 0.25) is 0 Å². The van der Waals surface area contributed by atoms with E-state index in [2.05, 4.69) is 0 Å². The molecule has 18 heavy (non-hydrogen) atoms. The Balaban J connectivity index is 3.27. The lowest BCUT2D eigenvalue weighted by molar-refractivity contribution is -0.291. The van der Waals surface area contributed by atoms with E-state index in [4.69, 9.17) is 17.3 Å². The lowest BCUT2D eigenvalue weighted by Crippen LogP contribution is -2.46. The highest BCUT2D eigenvalue weighted by atomic mass is 35.5. The standard InChI is InChI=1S/C9H5ClF7N/c10-4-2-6(12)5(11)1-3(4)7(18)8(13,14)9(15,16)17/h1-2,7H,18H2. The largest absolute Gasteiger partial charge is 0.455 e. The van der Waals surface area contributed by atoms with Gasteiger partial charge >= 0.3 is 12.1 Å². The second-order valence-corrected chi connectivity index (χ2v) is 3.79. The maximum atomic E-state index is 12.9. The van der Waals surface area contributed by atoms with Crippen molar-refractivity contribution in [2.75, 3.05) is 0 Å². The minimum Gasteiger partial charge on any atom is -0.319 e. The molecule has 1 rings (SSSR count). The predicted octanol–water partition coefficient (Wildman–Crippen LogP) is 3.82. The van der Waals surface area contributed by atoms with Crippen molar-refractivity contribution in [3.05, 3.63) is 34.4 Å². The maximum absolute atomic E-state index is 12.9. The number of alkyl halides is 5. The Morgan fingerprint density at radius 1 is 1.00 bits per heavy atom. The molecule has 0 bridgehead atoms. The topological polar surface area (TPSA) is 26.0 Å². The first-order valence-corrected chi connectivity index (χ1v) is 4.71. The summed E-state index contributed by atoms with van der Waals surface area (Å²) < 4.78 is 87.3. The van der Waals surface area contributed by atoms with E-state index in [1.54, 1.807) is 0 Å². The lowest BCUT2D eigenvalue weighted by Gasteiger charge is -2.26. The van der Waals surface area contributed by atoms with Gasteiger partial charge in [-0.1, -0.05) is 11.6 Å². The molecule has 0 aliphatic heterocycles. The van der Waals surface area contributed by atoms with E-state index in [1.165, 1.54) is 0 Å². The van der Waals surface area contributed by atoms with Crippen molar-refractivity contribution in [2.45, 2.75) is 18.1 Å². The van der Waals surface area contributed by atoms with E-state index >= 15 is 0 Å². The number of halogens is 8. The first kappa shape index (κ1) is 15.0. The van der Waals surface area contributed by atoms with Gasteiger partial charge in [0, 0.05) is 5.02 Å². The highest BCUT2D eigenvalue weighted by Crippen LogP contribution is 2.44. The van der Waals surface area contributed by atoms with Crippen LogP contribution < -0.4 is 5.73 Å². The van der Waals surface area contributed by atoms with Crippen LogP contribution in [0.5, 0.6) is 0 Å². The Labute approximate surface area is 101 Å². The Morgan fingerprint density at radius 2 is 1.44 bits per heavy atom. The summed E-state index contributed by atoms with van der Waals surface area (Å²) in [6.45, 7) is 0. The molecule has 0 aliphatic carbocycles. The molecule has 1 aromatic rings. The van der Waals surface area contributed by atoms with Crippen LogP contribution in [0.2, 0.25) is 5.02 Å². The zero-order chi connectivity index (χ0) is 14.3. The second kappa shape index (κ2) is 4.58. The molecular weight excluding hydrogens is 291 g/mol. The summed E-state index contributed by atoms with van der Waals surface area (Å²) in [6, 6.07) is -2.54. The number of hydrogen-bond acceptors (Lipinski definition) is 1. The summed E-state index contributed by atoms with van der Waals surface area (Å²) in [6.07, 6.45) is -5.93. The van der Waals surface area contributed by atoms with Crippen LogP contribution in [0.1, 0.15) is 11.6 Å². The van der Waals surface area contributed by atoms with Gasteiger partial charge in [0.1, 0.15) is 6.04 Å². The average Bonchev–Trinajstić information content (AvgIpc) is 2.20.